The van der Waals surface area contributed by atoms with E-state index in [-0.39, 0.29) is 17.1 Å². The second-order valence-electron chi connectivity index (χ2n) is 7.58. The Morgan fingerprint density at radius 1 is 1.04 bits per heavy atom. The van der Waals surface area contributed by atoms with Crippen molar-refractivity contribution < 1.29 is 14.3 Å². The van der Waals surface area contributed by atoms with Crippen molar-refractivity contribution >= 4 is 11.7 Å². The van der Waals surface area contributed by atoms with Crippen LogP contribution in [0.15, 0.2) is 24.3 Å². The van der Waals surface area contributed by atoms with Crippen LogP contribution in [0.25, 0.3) is 0 Å². The van der Waals surface area contributed by atoms with E-state index in [1.54, 1.807) is 0 Å². The molecule has 25 heavy (non-hydrogen) atoms. The van der Waals surface area contributed by atoms with Crippen LogP contribution in [0, 0.1) is 5.41 Å². The van der Waals surface area contributed by atoms with Crippen LogP contribution < -0.4 is 4.74 Å². The zero-order valence-electron chi connectivity index (χ0n) is 15.9. The summed E-state index contributed by atoms with van der Waals surface area (Å²) < 4.78 is 5.42. The molecular formula is C20H30N2O3. The predicted octanol–water partition coefficient (Wildman–Crippen LogP) is 2.39. The van der Waals surface area contributed by atoms with Gasteiger partial charge in [-0.15, -0.1) is 0 Å². The van der Waals surface area contributed by atoms with Gasteiger partial charge in [-0.3, -0.25) is 14.5 Å². The molecule has 1 fully saturated rings. The highest BCUT2D eigenvalue weighted by Gasteiger charge is 2.26. The number of Topliss-reactive ketones (excluding diaryl/α,β-unsaturated/α-hetero) is 1. The maximum absolute atomic E-state index is 12.5. The lowest BCUT2D eigenvalue weighted by Crippen LogP contribution is -2.51. The third kappa shape index (κ3) is 5.85. The van der Waals surface area contributed by atoms with Gasteiger partial charge in [0.05, 0.1) is 19.6 Å². The first-order chi connectivity index (χ1) is 11.8. The molecule has 0 saturated carbocycles. The van der Waals surface area contributed by atoms with Gasteiger partial charge in [-0.2, -0.15) is 0 Å². The van der Waals surface area contributed by atoms with E-state index in [1.165, 1.54) is 0 Å². The minimum absolute atomic E-state index is 0.144. The Labute approximate surface area is 150 Å². The van der Waals surface area contributed by atoms with Crippen molar-refractivity contribution in [2.75, 3.05) is 39.3 Å². The summed E-state index contributed by atoms with van der Waals surface area (Å²) >= 11 is 0. The molecule has 5 heteroatoms. The number of carbonyl (C=O) groups is 2. The van der Waals surface area contributed by atoms with E-state index in [1.807, 2.05) is 56.9 Å². The van der Waals surface area contributed by atoms with Crippen molar-refractivity contribution in [2.24, 2.45) is 5.41 Å². The average molecular weight is 346 g/mol. The zero-order chi connectivity index (χ0) is 18.4. The van der Waals surface area contributed by atoms with Crippen molar-refractivity contribution in [3.63, 3.8) is 0 Å². The second-order valence-corrected chi connectivity index (χ2v) is 7.58. The number of hydrogen-bond donors (Lipinski definition) is 0. The maximum Gasteiger partial charge on any atom is 0.227 e. The van der Waals surface area contributed by atoms with Crippen LogP contribution in [-0.2, 0) is 16.0 Å². The smallest absolute Gasteiger partial charge is 0.227 e. The van der Waals surface area contributed by atoms with Crippen molar-refractivity contribution in [3.05, 3.63) is 29.8 Å². The van der Waals surface area contributed by atoms with E-state index < -0.39 is 0 Å². The third-order valence-electron chi connectivity index (χ3n) is 4.52. The maximum atomic E-state index is 12.5. The summed E-state index contributed by atoms with van der Waals surface area (Å²) in [6, 6.07) is 7.70. The van der Waals surface area contributed by atoms with E-state index in [9.17, 15) is 9.59 Å². The van der Waals surface area contributed by atoms with Gasteiger partial charge in [-0.25, -0.2) is 0 Å². The third-order valence-corrected chi connectivity index (χ3v) is 4.52. The lowest BCUT2D eigenvalue weighted by molar-refractivity contribution is -0.133. The van der Waals surface area contributed by atoms with Crippen molar-refractivity contribution in [3.8, 4) is 5.75 Å². The van der Waals surface area contributed by atoms with E-state index in [0.29, 0.717) is 32.7 Å². The highest BCUT2D eigenvalue weighted by molar-refractivity contribution is 5.85. The molecule has 1 amide bonds. The normalized spacial score (nSPS) is 15.9. The number of amides is 1. The number of hydrogen-bond acceptors (Lipinski definition) is 4. The van der Waals surface area contributed by atoms with Crippen LogP contribution in [0.3, 0.4) is 0 Å². The van der Waals surface area contributed by atoms with Crippen LogP contribution in [0.1, 0.15) is 33.3 Å². The number of rotatable bonds is 6. The average Bonchev–Trinajstić information content (AvgIpc) is 2.56. The summed E-state index contributed by atoms with van der Waals surface area (Å²) in [7, 11) is 0. The lowest BCUT2D eigenvalue weighted by atomic mass is 9.90. The van der Waals surface area contributed by atoms with Gasteiger partial charge in [0.25, 0.3) is 0 Å². The molecule has 1 heterocycles. The molecule has 1 aliphatic heterocycles. The number of benzene rings is 1. The number of piperazine rings is 1. The highest BCUT2D eigenvalue weighted by atomic mass is 16.5. The van der Waals surface area contributed by atoms with Crippen molar-refractivity contribution in [1.82, 2.24) is 9.80 Å². The zero-order valence-corrected chi connectivity index (χ0v) is 15.9. The Morgan fingerprint density at radius 2 is 1.64 bits per heavy atom. The fourth-order valence-corrected chi connectivity index (χ4v) is 2.75. The van der Waals surface area contributed by atoms with Gasteiger partial charge in [-0.05, 0) is 24.6 Å². The Kier molecular flexibility index (Phi) is 6.59. The lowest BCUT2D eigenvalue weighted by Gasteiger charge is -2.35. The SMILES string of the molecule is CCOc1ccc(CC(=O)N2CCN(CC(=O)C(C)(C)C)CC2)cc1. The van der Waals surface area contributed by atoms with Crippen LogP contribution in [0.5, 0.6) is 5.75 Å². The van der Waals surface area contributed by atoms with Gasteiger partial charge >= 0.3 is 0 Å². The van der Waals surface area contributed by atoms with Gasteiger partial charge in [-0.1, -0.05) is 32.9 Å². The topological polar surface area (TPSA) is 49.9 Å². The summed E-state index contributed by atoms with van der Waals surface area (Å²) in [5, 5.41) is 0. The molecule has 0 atom stereocenters. The molecule has 0 unspecified atom stereocenters. The molecule has 5 nitrogen and oxygen atoms in total. The summed E-state index contributed by atoms with van der Waals surface area (Å²) in [6.07, 6.45) is 0.410. The number of ether oxygens (including phenoxy) is 1. The standard InChI is InChI=1S/C20H30N2O3/c1-5-25-17-8-6-16(7-9-17)14-19(24)22-12-10-21(11-13-22)15-18(23)20(2,3)4/h6-9H,5,10-15H2,1-4H3. The Morgan fingerprint density at radius 3 is 2.16 bits per heavy atom. The van der Waals surface area contributed by atoms with E-state index in [4.69, 9.17) is 4.74 Å². The molecule has 0 bridgehead atoms. The fraction of sp³-hybridized carbons (Fsp3) is 0.600. The molecule has 0 spiro atoms. The molecule has 0 N–H and O–H groups in total. The van der Waals surface area contributed by atoms with Gasteiger partial charge < -0.3 is 9.64 Å². The van der Waals surface area contributed by atoms with Gasteiger partial charge in [0.1, 0.15) is 5.75 Å². The molecule has 1 aromatic rings. The summed E-state index contributed by atoms with van der Waals surface area (Å²) in [5.74, 6) is 1.23. The van der Waals surface area contributed by atoms with Crippen molar-refractivity contribution in [1.29, 1.82) is 0 Å². The van der Waals surface area contributed by atoms with Crippen LogP contribution in [0.4, 0.5) is 0 Å². The van der Waals surface area contributed by atoms with Crippen molar-refractivity contribution in [2.45, 2.75) is 34.1 Å². The molecule has 1 aromatic carbocycles. The Bertz CT molecular complexity index is 582. The second kappa shape index (κ2) is 8.48. The Balaban J connectivity index is 1.80. The highest BCUT2D eigenvalue weighted by Crippen LogP contribution is 2.17. The van der Waals surface area contributed by atoms with E-state index in [0.717, 1.165) is 24.4 Å². The van der Waals surface area contributed by atoms with Gasteiger partial charge in [0.15, 0.2) is 5.78 Å². The number of carbonyl (C=O) groups excluding carboxylic acids is 2. The first-order valence-corrected chi connectivity index (χ1v) is 9.04. The van der Waals surface area contributed by atoms with Gasteiger partial charge in [0, 0.05) is 31.6 Å². The minimum atomic E-state index is -0.305. The Hall–Kier alpha value is -1.88. The summed E-state index contributed by atoms with van der Waals surface area (Å²) in [5.41, 5.74) is 0.694. The molecular weight excluding hydrogens is 316 g/mol. The predicted molar refractivity (Wildman–Crippen MR) is 98.8 cm³/mol. The monoisotopic (exact) mass is 346 g/mol. The van der Waals surface area contributed by atoms with E-state index in [2.05, 4.69) is 4.90 Å². The minimum Gasteiger partial charge on any atom is -0.494 e. The molecule has 0 radical (unpaired) electrons. The molecule has 2 rings (SSSR count). The van der Waals surface area contributed by atoms with Crippen LogP contribution >= 0.6 is 0 Å². The first-order valence-electron chi connectivity index (χ1n) is 9.04. The number of ketones is 1. The summed E-state index contributed by atoms with van der Waals surface area (Å²) in [6.45, 7) is 11.8. The molecule has 138 valence electrons. The first kappa shape index (κ1) is 19.4. The largest absolute Gasteiger partial charge is 0.494 e. The van der Waals surface area contributed by atoms with Gasteiger partial charge in [0.2, 0.25) is 5.91 Å². The quantitative estimate of drug-likeness (QED) is 0.794. The van der Waals surface area contributed by atoms with E-state index >= 15 is 0 Å². The summed E-state index contributed by atoms with van der Waals surface area (Å²) in [4.78, 5) is 28.7. The molecule has 1 saturated heterocycles. The van der Waals surface area contributed by atoms with Crippen LogP contribution in [0.2, 0.25) is 0 Å². The molecule has 0 aliphatic carbocycles. The molecule has 0 aromatic heterocycles. The molecule has 1 aliphatic rings. The van der Waals surface area contributed by atoms with Crippen LogP contribution in [-0.4, -0.2) is 60.8 Å². The fourth-order valence-electron chi connectivity index (χ4n) is 2.75. The number of nitrogens with zero attached hydrogens (tertiary/aromatic N) is 2.